The number of ether oxygens (including phenoxy) is 1. The third-order valence-electron chi connectivity index (χ3n) is 4.36. The van der Waals surface area contributed by atoms with Crippen LogP contribution in [0.4, 0.5) is 4.39 Å². The van der Waals surface area contributed by atoms with E-state index in [0.29, 0.717) is 5.75 Å². The molecule has 0 saturated carbocycles. The van der Waals surface area contributed by atoms with Crippen LogP contribution in [0.1, 0.15) is 27.7 Å². The van der Waals surface area contributed by atoms with Crippen LogP contribution in [0.5, 0.6) is 5.75 Å². The van der Waals surface area contributed by atoms with E-state index in [1.807, 2.05) is 39.8 Å². The maximum Gasteiger partial charge on any atom is 0.498 e. The van der Waals surface area contributed by atoms with E-state index in [-0.39, 0.29) is 5.13 Å². The van der Waals surface area contributed by atoms with Gasteiger partial charge in [0.25, 0.3) is 0 Å². The summed E-state index contributed by atoms with van der Waals surface area (Å²) < 4.78 is 32.0. The van der Waals surface area contributed by atoms with Crippen molar-refractivity contribution in [3.63, 3.8) is 0 Å². The molecule has 1 aromatic carbocycles. The Morgan fingerprint density at radius 3 is 2.33 bits per heavy atom. The third kappa shape index (κ3) is 2.26. The van der Waals surface area contributed by atoms with Crippen molar-refractivity contribution in [3.8, 4) is 5.75 Å². The second kappa shape index (κ2) is 4.70. The van der Waals surface area contributed by atoms with Gasteiger partial charge in [-0.1, -0.05) is 6.07 Å². The van der Waals surface area contributed by atoms with Gasteiger partial charge in [-0.2, -0.15) is 4.39 Å². The summed E-state index contributed by atoms with van der Waals surface area (Å²) in [6.07, 6.45) is 0. The lowest BCUT2D eigenvalue weighted by atomic mass is 9.78. The van der Waals surface area contributed by atoms with Crippen LogP contribution >= 0.6 is 11.3 Å². The molecule has 1 aliphatic heterocycles. The van der Waals surface area contributed by atoms with Crippen LogP contribution in [-0.4, -0.2) is 25.4 Å². The van der Waals surface area contributed by atoms with Gasteiger partial charge in [0, 0.05) is 15.5 Å². The fourth-order valence-electron chi connectivity index (χ4n) is 2.46. The number of hydrogen-bond donors (Lipinski definition) is 0. The van der Waals surface area contributed by atoms with Gasteiger partial charge in [-0.25, -0.2) is 0 Å². The van der Waals surface area contributed by atoms with E-state index in [1.165, 1.54) is 6.07 Å². The summed E-state index contributed by atoms with van der Waals surface area (Å²) in [5, 5.41) is 0.529. The summed E-state index contributed by atoms with van der Waals surface area (Å²) in [7, 11) is 1.07. The van der Waals surface area contributed by atoms with E-state index < -0.39 is 18.3 Å². The van der Waals surface area contributed by atoms with Gasteiger partial charge in [-0.15, -0.1) is 11.3 Å². The largest absolute Gasteiger partial charge is 0.498 e. The number of thiophene rings is 1. The number of methoxy groups -OCH3 is 1. The van der Waals surface area contributed by atoms with Crippen molar-refractivity contribution >= 4 is 34.0 Å². The SMILES string of the molecule is COc1c(B2OC(C)(C)C(C)(C)O2)ccc2sc(F)cc12. The first-order chi connectivity index (χ1) is 9.75. The van der Waals surface area contributed by atoms with Crippen LogP contribution in [0.3, 0.4) is 0 Å². The van der Waals surface area contributed by atoms with Gasteiger partial charge in [-0.05, 0) is 39.8 Å². The summed E-state index contributed by atoms with van der Waals surface area (Å²) >= 11 is 1.10. The molecule has 1 saturated heterocycles. The molecule has 3 nitrogen and oxygen atoms in total. The number of fused-ring (bicyclic) bond motifs is 1. The molecule has 2 aromatic rings. The Balaban J connectivity index is 2.09. The zero-order valence-corrected chi connectivity index (χ0v) is 13.6. The Labute approximate surface area is 128 Å². The Morgan fingerprint density at radius 1 is 1.14 bits per heavy atom. The summed E-state index contributed by atoms with van der Waals surface area (Å²) in [6, 6.07) is 5.26. The maximum atomic E-state index is 13.5. The molecule has 0 amide bonds. The van der Waals surface area contributed by atoms with Gasteiger partial charge < -0.3 is 14.0 Å². The fourth-order valence-corrected chi connectivity index (χ4v) is 3.24. The molecule has 1 fully saturated rings. The number of hydrogen-bond acceptors (Lipinski definition) is 4. The van der Waals surface area contributed by atoms with Gasteiger partial charge in [0.05, 0.1) is 18.3 Å². The average Bonchev–Trinajstić information content (AvgIpc) is 2.84. The summed E-state index contributed by atoms with van der Waals surface area (Å²) in [5.74, 6) is 0.617. The minimum absolute atomic E-state index is 0.227. The van der Waals surface area contributed by atoms with Crippen molar-refractivity contribution in [3.05, 3.63) is 23.3 Å². The minimum Gasteiger partial charge on any atom is -0.496 e. The van der Waals surface area contributed by atoms with Gasteiger partial charge in [0.1, 0.15) is 5.75 Å². The van der Waals surface area contributed by atoms with E-state index in [1.54, 1.807) is 7.11 Å². The second-order valence-corrected chi connectivity index (χ2v) is 7.27. The first-order valence-electron chi connectivity index (χ1n) is 6.87. The average molecular weight is 308 g/mol. The highest BCUT2D eigenvalue weighted by Crippen LogP contribution is 2.38. The van der Waals surface area contributed by atoms with Crippen LogP contribution in [0.15, 0.2) is 18.2 Å². The van der Waals surface area contributed by atoms with E-state index in [4.69, 9.17) is 14.0 Å². The van der Waals surface area contributed by atoms with Gasteiger partial charge in [-0.3, -0.25) is 0 Å². The standard InChI is InChI=1S/C15H18BFO3S/c1-14(2)15(3,4)20-16(19-14)10-6-7-11-9(13(10)18-5)8-12(17)21-11/h6-8H,1-5H3. The van der Waals surface area contributed by atoms with Crippen molar-refractivity contribution in [1.29, 1.82) is 0 Å². The highest BCUT2D eigenvalue weighted by Gasteiger charge is 2.52. The Morgan fingerprint density at radius 2 is 1.76 bits per heavy atom. The topological polar surface area (TPSA) is 27.7 Å². The Hall–Kier alpha value is -1.11. The van der Waals surface area contributed by atoms with Crippen LogP contribution in [0.25, 0.3) is 10.1 Å². The van der Waals surface area contributed by atoms with Gasteiger partial charge in [0.15, 0.2) is 5.13 Å². The zero-order valence-electron chi connectivity index (χ0n) is 12.8. The highest BCUT2D eigenvalue weighted by atomic mass is 32.1. The molecule has 0 spiro atoms. The molecule has 21 heavy (non-hydrogen) atoms. The fraction of sp³-hybridized carbons (Fsp3) is 0.467. The lowest BCUT2D eigenvalue weighted by molar-refractivity contribution is 0.00578. The molecular formula is C15H18BFO3S. The lowest BCUT2D eigenvalue weighted by Crippen LogP contribution is -2.41. The van der Waals surface area contributed by atoms with Crippen molar-refractivity contribution in [2.45, 2.75) is 38.9 Å². The predicted molar refractivity (Wildman–Crippen MR) is 84.1 cm³/mol. The molecule has 0 radical (unpaired) electrons. The number of benzene rings is 1. The van der Waals surface area contributed by atoms with E-state index in [2.05, 4.69) is 0 Å². The van der Waals surface area contributed by atoms with Gasteiger partial charge >= 0.3 is 7.12 Å². The minimum atomic E-state index is -0.516. The maximum absolute atomic E-state index is 13.5. The van der Waals surface area contributed by atoms with E-state index in [9.17, 15) is 4.39 Å². The molecule has 3 rings (SSSR count). The Kier molecular flexibility index (Phi) is 3.31. The monoisotopic (exact) mass is 308 g/mol. The summed E-state index contributed by atoms with van der Waals surface area (Å²) in [6.45, 7) is 8.01. The normalized spacial score (nSPS) is 20.2. The van der Waals surface area contributed by atoms with Gasteiger partial charge in [0.2, 0.25) is 0 Å². The zero-order chi connectivity index (χ0) is 15.4. The molecule has 112 valence electrons. The Bertz CT molecular complexity index is 680. The number of rotatable bonds is 2. The lowest BCUT2D eigenvalue weighted by Gasteiger charge is -2.32. The second-order valence-electron chi connectivity index (χ2n) is 6.24. The molecule has 1 aromatic heterocycles. The van der Waals surface area contributed by atoms with E-state index in [0.717, 1.165) is 26.9 Å². The summed E-state index contributed by atoms with van der Waals surface area (Å²) in [5.41, 5.74) is -0.0452. The quantitative estimate of drug-likeness (QED) is 0.796. The molecule has 0 N–H and O–H groups in total. The van der Waals surface area contributed by atoms with Crippen LogP contribution < -0.4 is 10.2 Å². The smallest absolute Gasteiger partial charge is 0.496 e. The van der Waals surface area contributed by atoms with Crippen LogP contribution in [0.2, 0.25) is 0 Å². The summed E-state index contributed by atoms with van der Waals surface area (Å²) in [4.78, 5) is 0. The molecule has 2 heterocycles. The van der Waals surface area contributed by atoms with Crippen LogP contribution in [-0.2, 0) is 9.31 Å². The first-order valence-corrected chi connectivity index (χ1v) is 7.68. The molecule has 0 bridgehead atoms. The van der Waals surface area contributed by atoms with Crippen molar-refractivity contribution in [2.24, 2.45) is 0 Å². The van der Waals surface area contributed by atoms with Crippen molar-refractivity contribution < 1.29 is 18.4 Å². The van der Waals surface area contributed by atoms with E-state index >= 15 is 0 Å². The molecular weight excluding hydrogens is 290 g/mol. The number of halogens is 1. The molecule has 0 unspecified atom stereocenters. The van der Waals surface area contributed by atoms with Crippen molar-refractivity contribution in [2.75, 3.05) is 7.11 Å². The van der Waals surface area contributed by atoms with Crippen molar-refractivity contribution in [1.82, 2.24) is 0 Å². The predicted octanol–water partition coefficient (Wildman–Crippen LogP) is 3.35. The van der Waals surface area contributed by atoms with Crippen LogP contribution in [0, 0.1) is 5.13 Å². The third-order valence-corrected chi connectivity index (χ3v) is 5.25. The molecule has 0 atom stereocenters. The first kappa shape index (κ1) is 14.8. The molecule has 0 aliphatic carbocycles. The molecule has 1 aliphatic rings. The highest BCUT2D eigenvalue weighted by molar-refractivity contribution is 7.17. The molecule has 6 heteroatoms.